The Balaban J connectivity index is 2.89. The molecule has 16 heavy (non-hydrogen) atoms. The van der Waals surface area contributed by atoms with Gasteiger partial charge in [-0.25, -0.2) is 4.98 Å². The zero-order chi connectivity index (χ0) is 12.3. The van der Waals surface area contributed by atoms with E-state index in [0.717, 1.165) is 0 Å². The van der Waals surface area contributed by atoms with Crippen molar-refractivity contribution in [3.8, 4) is 0 Å². The maximum Gasteiger partial charge on any atom is 0.251 e. The first-order valence-electron chi connectivity index (χ1n) is 4.60. The molecular formula is C10H12Cl2N2O2. The fourth-order valence-corrected chi connectivity index (χ4v) is 1.48. The molecule has 1 heterocycles. The second-order valence-corrected chi connectivity index (χ2v) is 4.77. The Morgan fingerprint density at radius 3 is 2.38 bits per heavy atom. The number of hydrogen-bond donors (Lipinski definition) is 2. The Labute approximate surface area is 104 Å². The van der Waals surface area contributed by atoms with Crippen molar-refractivity contribution in [2.24, 2.45) is 0 Å². The van der Waals surface area contributed by atoms with Crippen LogP contribution >= 0.6 is 23.2 Å². The van der Waals surface area contributed by atoms with Gasteiger partial charge in [-0.15, -0.1) is 0 Å². The summed E-state index contributed by atoms with van der Waals surface area (Å²) in [7, 11) is 0. The minimum absolute atomic E-state index is 0.152. The molecule has 0 aromatic carbocycles. The molecule has 4 nitrogen and oxygen atoms in total. The van der Waals surface area contributed by atoms with E-state index in [9.17, 15) is 4.79 Å². The average Bonchev–Trinajstić information content (AvgIpc) is 2.15. The first-order chi connectivity index (χ1) is 7.34. The summed E-state index contributed by atoms with van der Waals surface area (Å²) in [5.41, 5.74) is -0.384. The highest BCUT2D eigenvalue weighted by Gasteiger charge is 2.20. The Kier molecular flexibility index (Phi) is 4.13. The summed E-state index contributed by atoms with van der Waals surface area (Å²) in [6, 6.07) is 2.83. The van der Waals surface area contributed by atoms with E-state index >= 15 is 0 Å². The minimum Gasteiger partial charge on any atom is -0.394 e. The maximum absolute atomic E-state index is 11.8. The molecule has 0 saturated heterocycles. The first-order valence-corrected chi connectivity index (χ1v) is 5.36. The lowest BCUT2D eigenvalue weighted by atomic mass is 10.1. The molecule has 1 aromatic rings. The van der Waals surface area contributed by atoms with E-state index in [4.69, 9.17) is 28.3 Å². The van der Waals surface area contributed by atoms with Crippen molar-refractivity contribution in [3.05, 3.63) is 28.0 Å². The summed E-state index contributed by atoms with van der Waals surface area (Å²) < 4.78 is 0. The van der Waals surface area contributed by atoms with Gasteiger partial charge in [-0.05, 0) is 26.0 Å². The number of nitrogens with zero attached hydrogens (tertiary/aromatic N) is 1. The summed E-state index contributed by atoms with van der Waals surface area (Å²) in [4.78, 5) is 15.5. The van der Waals surface area contributed by atoms with Gasteiger partial charge in [0.1, 0.15) is 10.3 Å². The number of hydrogen-bond acceptors (Lipinski definition) is 3. The van der Waals surface area contributed by atoms with Crippen LogP contribution in [0.1, 0.15) is 24.2 Å². The lowest BCUT2D eigenvalue weighted by molar-refractivity contribution is 0.0869. The van der Waals surface area contributed by atoms with E-state index in [-0.39, 0.29) is 22.8 Å². The summed E-state index contributed by atoms with van der Waals surface area (Å²) in [6.45, 7) is 3.25. The monoisotopic (exact) mass is 262 g/mol. The quantitative estimate of drug-likeness (QED) is 0.818. The van der Waals surface area contributed by atoms with Gasteiger partial charge in [0.25, 0.3) is 5.91 Å². The second kappa shape index (κ2) is 4.99. The van der Waals surface area contributed by atoms with Gasteiger partial charge in [0, 0.05) is 5.56 Å². The van der Waals surface area contributed by atoms with E-state index in [2.05, 4.69) is 10.3 Å². The highest BCUT2D eigenvalue weighted by atomic mass is 35.5. The van der Waals surface area contributed by atoms with Crippen molar-refractivity contribution in [1.82, 2.24) is 10.3 Å². The van der Waals surface area contributed by atoms with Gasteiger partial charge in [0.2, 0.25) is 0 Å². The van der Waals surface area contributed by atoms with Crippen molar-refractivity contribution in [2.75, 3.05) is 6.61 Å². The first kappa shape index (κ1) is 13.2. The van der Waals surface area contributed by atoms with E-state index in [1.165, 1.54) is 12.1 Å². The molecule has 0 aliphatic carbocycles. The van der Waals surface area contributed by atoms with E-state index in [0.29, 0.717) is 5.56 Å². The lowest BCUT2D eigenvalue weighted by Gasteiger charge is -2.23. The molecule has 1 aromatic heterocycles. The Morgan fingerprint density at radius 1 is 1.44 bits per heavy atom. The topological polar surface area (TPSA) is 62.2 Å². The fraction of sp³-hybridized carbons (Fsp3) is 0.400. The smallest absolute Gasteiger partial charge is 0.251 e. The van der Waals surface area contributed by atoms with Crippen LogP contribution in [0, 0.1) is 0 Å². The standard InChI is InChI=1S/C10H12Cl2N2O2/c1-10(2,5-15)14-9(16)6-3-7(11)13-8(12)4-6/h3-4,15H,5H2,1-2H3,(H,14,16). The number of aliphatic hydroxyl groups excluding tert-OH is 1. The number of amides is 1. The van der Waals surface area contributed by atoms with Gasteiger partial charge in [-0.3, -0.25) is 4.79 Å². The van der Waals surface area contributed by atoms with Gasteiger partial charge in [-0.1, -0.05) is 23.2 Å². The predicted molar refractivity (Wildman–Crippen MR) is 62.9 cm³/mol. The van der Waals surface area contributed by atoms with Gasteiger partial charge in [-0.2, -0.15) is 0 Å². The molecule has 1 rings (SSSR count). The highest BCUT2D eigenvalue weighted by Crippen LogP contribution is 2.15. The van der Waals surface area contributed by atoms with Crippen LogP contribution in [0.3, 0.4) is 0 Å². The van der Waals surface area contributed by atoms with Gasteiger partial charge in [0.15, 0.2) is 0 Å². The zero-order valence-electron chi connectivity index (χ0n) is 8.92. The molecule has 0 unspecified atom stereocenters. The number of nitrogens with one attached hydrogen (secondary N) is 1. The van der Waals surface area contributed by atoms with Crippen molar-refractivity contribution in [2.45, 2.75) is 19.4 Å². The van der Waals surface area contributed by atoms with Crippen LogP contribution < -0.4 is 5.32 Å². The van der Waals surface area contributed by atoms with Crippen LogP contribution in [-0.4, -0.2) is 28.1 Å². The second-order valence-electron chi connectivity index (χ2n) is 4.00. The molecular weight excluding hydrogens is 251 g/mol. The maximum atomic E-state index is 11.8. The van der Waals surface area contributed by atoms with Gasteiger partial charge >= 0.3 is 0 Å². The number of halogens is 2. The van der Waals surface area contributed by atoms with Crippen molar-refractivity contribution < 1.29 is 9.90 Å². The van der Waals surface area contributed by atoms with E-state index in [1.807, 2.05) is 0 Å². The molecule has 0 aliphatic rings. The van der Waals surface area contributed by atoms with Crippen molar-refractivity contribution in [1.29, 1.82) is 0 Å². The molecule has 0 aliphatic heterocycles. The normalized spacial score (nSPS) is 11.3. The number of aliphatic hydroxyl groups is 1. The molecule has 0 bridgehead atoms. The SMILES string of the molecule is CC(C)(CO)NC(=O)c1cc(Cl)nc(Cl)c1. The van der Waals surface area contributed by atoms with Crippen molar-refractivity contribution in [3.63, 3.8) is 0 Å². The minimum atomic E-state index is -0.695. The lowest BCUT2D eigenvalue weighted by Crippen LogP contribution is -2.46. The predicted octanol–water partition coefficient (Wildman–Crippen LogP) is 1.89. The van der Waals surface area contributed by atoms with Crippen LogP contribution in [-0.2, 0) is 0 Å². The fourth-order valence-electron chi connectivity index (χ4n) is 1.02. The van der Waals surface area contributed by atoms with Crippen LogP contribution in [0.25, 0.3) is 0 Å². The third kappa shape index (κ3) is 3.63. The van der Waals surface area contributed by atoms with Crippen LogP contribution in [0.2, 0.25) is 10.3 Å². The third-order valence-corrected chi connectivity index (χ3v) is 2.26. The van der Waals surface area contributed by atoms with Gasteiger partial charge in [0.05, 0.1) is 12.1 Å². The molecule has 0 saturated carbocycles. The Bertz CT molecular complexity index is 388. The van der Waals surface area contributed by atoms with Gasteiger partial charge < -0.3 is 10.4 Å². The number of carbonyl (C=O) groups excluding carboxylic acids is 1. The molecule has 2 N–H and O–H groups in total. The summed E-state index contributed by atoms with van der Waals surface area (Å²) in [5, 5.41) is 12.0. The van der Waals surface area contributed by atoms with Crippen LogP contribution in [0.15, 0.2) is 12.1 Å². The highest BCUT2D eigenvalue weighted by molar-refractivity contribution is 6.33. The molecule has 0 fully saturated rings. The molecule has 0 spiro atoms. The molecule has 88 valence electrons. The number of pyridine rings is 1. The van der Waals surface area contributed by atoms with E-state index < -0.39 is 5.54 Å². The molecule has 0 atom stereocenters. The summed E-state index contributed by atoms with van der Waals surface area (Å²) >= 11 is 11.3. The molecule has 0 radical (unpaired) electrons. The number of aromatic nitrogens is 1. The number of carbonyl (C=O) groups is 1. The average molecular weight is 263 g/mol. The Hall–Kier alpha value is -0.840. The van der Waals surface area contributed by atoms with Crippen LogP contribution in [0.4, 0.5) is 0 Å². The van der Waals surface area contributed by atoms with E-state index in [1.54, 1.807) is 13.8 Å². The summed E-state index contributed by atoms with van der Waals surface area (Å²) in [6.07, 6.45) is 0. The van der Waals surface area contributed by atoms with Crippen LogP contribution in [0.5, 0.6) is 0 Å². The molecule has 6 heteroatoms. The number of rotatable bonds is 3. The third-order valence-electron chi connectivity index (χ3n) is 1.87. The largest absolute Gasteiger partial charge is 0.394 e. The summed E-state index contributed by atoms with van der Waals surface area (Å²) in [5.74, 6) is -0.356. The van der Waals surface area contributed by atoms with Crippen molar-refractivity contribution >= 4 is 29.1 Å². The zero-order valence-corrected chi connectivity index (χ0v) is 10.4. The Morgan fingerprint density at radius 2 is 1.94 bits per heavy atom. The molecule has 1 amide bonds.